The maximum Gasteiger partial charge on any atom is 0.437 e. The van der Waals surface area contributed by atoms with Gasteiger partial charge in [-0.1, -0.05) is 33.1 Å². The minimum atomic E-state index is -1.13. The van der Waals surface area contributed by atoms with Gasteiger partial charge in [-0.15, -0.1) is 11.3 Å². The maximum absolute atomic E-state index is 14.5. The lowest BCUT2D eigenvalue weighted by Gasteiger charge is -2.18. The fourth-order valence-electron chi connectivity index (χ4n) is 4.06. The number of ether oxygens (including phenoxy) is 2. The number of hydrogen-bond donors (Lipinski definition) is 2. The van der Waals surface area contributed by atoms with Crippen molar-refractivity contribution in [2.24, 2.45) is 16.6 Å². The quantitative estimate of drug-likeness (QED) is 0.151. The van der Waals surface area contributed by atoms with Crippen LogP contribution in [0, 0.1) is 17.7 Å². The van der Waals surface area contributed by atoms with Gasteiger partial charge in [-0.05, 0) is 25.0 Å². The minimum absolute atomic E-state index is 0.00594. The molecule has 0 saturated heterocycles. The van der Waals surface area contributed by atoms with Crippen molar-refractivity contribution >= 4 is 41.2 Å². The Hall–Kier alpha value is -4.53. The summed E-state index contributed by atoms with van der Waals surface area (Å²) in [5.41, 5.74) is 5.75. The summed E-state index contributed by atoms with van der Waals surface area (Å²) < 4.78 is 39.3. The van der Waals surface area contributed by atoms with Crippen LogP contribution in [0.15, 0.2) is 40.6 Å². The summed E-state index contributed by atoms with van der Waals surface area (Å²) in [6.07, 6.45) is 6.91. The first-order valence-electron chi connectivity index (χ1n) is 13.6. The molecule has 1 aliphatic rings. The highest BCUT2D eigenvalue weighted by Crippen LogP contribution is 2.24. The number of aromatic nitrogens is 4. The van der Waals surface area contributed by atoms with E-state index in [1.807, 2.05) is 0 Å². The number of hydrogen-bond acceptors (Lipinski definition) is 11. The second-order valence-electron chi connectivity index (χ2n) is 10.1. The topological polar surface area (TPSA) is 164 Å². The third-order valence-electron chi connectivity index (χ3n) is 6.37. The van der Waals surface area contributed by atoms with Crippen LogP contribution < -0.4 is 11.1 Å². The van der Waals surface area contributed by atoms with E-state index in [0.717, 1.165) is 60.3 Å². The first-order valence-corrected chi connectivity index (χ1v) is 14.5. The number of halogens is 2. The summed E-state index contributed by atoms with van der Waals surface area (Å²) in [6, 6.07) is 1.77. The van der Waals surface area contributed by atoms with Gasteiger partial charge in [0.05, 0.1) is 29.6 Å². The third-order valence-corrected chi connectivity index (χ3v) is 7.26. The van der Waals surface area contributed by atoms with Crippen LogP contribution in [-0.4, -0.2) is 56.3 Å². The summed E-state index contributed by atoms with van der Waals surface area (Å²) >= 11 is 1.10. The van der Waals surface area contributed by atoms with E-state index in [9.17, 15) is 23.2 Å². The predicted molar refractivity (Wildman–Crippen MR) is 154 cm³/mol. The Morgan fingerprint density at radius 1 is 1.14 bits per heavy atom. The molecular formula is C28H31F2N7O5S. The normalized spacial score (nSPS) is 15.3. The molecule has 1 amide bonds. The molecule has 15 heteroatoms. The zero-order valence-corrected chi connectivity index (χ0v) is 24.6. The van der Waals surface area contributed by atoms with Crippen LogP contribution in [0.5, 0.6) is 0 Å². The molecule has 1 fully saturated rings. The van der Waals surface area contributed by atoms with E-state index in [2.05, 4.69) is 25.4 Å². The van der Waals surface area contributed by atoms with E-state index >= 15 is 0 Å². The molecule has 1 atom stereocenters. The number of pyridine rings is 1. The number of amides is 1. The van der Waals surface area contributed by atoms with Gasteiger partial charge in [0, 0.05) is 30.3 Å². The van der Waals surface area contributed by atoms with Crippen LogP contribution >= 0.6 is 11.3 Å². The minimum Gasteiger partial charge on any atom is -0.425 e. The first-order chi connectivity index (χ1) is 20.5. The Kier molecular flexibility index (Phi) is 10.3. The van der Waals surface area contributed by atoms with Gasteiger partial charge >= 0.3 is 12.1 Å². The zero-order chi connectivity index (χ0) is 31.1. The number of nitrogens with two attached hydrogens (primary N) is 1. The number of carbonyl (C=O) groups is 3. The van der Waals surface area contributed by atoms with Crippen molar-refractivity contribution in [2.75, 3.05) is 0 Å². The molecule has 12 nitrogen and oxygen atoms in total. The van der Waals surface area contributed by atoms with Gasteiger partial charge in [-0.3, -0.25) is 14.6 Å². The Balaban J connectivity index is 1.50. The van der Waals surface area contributed by atoms with Crippen LogP contribution in [0.4, 0.5) is 13.6 Å². The summed E-state index contributed by atoms with van der Waals surface area (Å²) in [5, 5.41) is 8.38. The fraction of sp³-hybridized carbons (Fsp3) is 0.393. The lowest BCUT2D eigenvalue weighted by molar-refractivity contribution is -0.168. The largest absolute Gasteiger partial charge is 0.437 e. The molecule has 3 heterocycles. The number of rotatable bonds is 9. The van der Waals surface area contributed by atoms with Gasteiger partial charge < -0.3 is 20.5 Å². The molecule has 0 bridgehead atoms. The number of nitrogens with zero attached hydrogens (tertiary/aromatic N) is 5. The molecule has 228 valence electrons. The van der Waals surface area contributed by atoms with Gasteiger partial charge in [0.25, 0.3) is 5.91 Å². The van der Waals surface area contributed by atoms with E-state index in [1.54, 1.807) is 13.8 Å². The van der Waals surface area contributed by atoms with Gasteiger partial charge in [0.15, 0.2) is 5.82 Å². The molecular weight excluding hydrogens is 584 g/mol. The molecule has 1 unspecified atom stereocenters. The molecule has 3 aromatic heterocycles. The molecule has 0 aromatic carbocycles. The monoisotopic (exact) mass is 615 g/mol. The Morgan fingerprint density at radius 2 is 1.88 bits per heavy atom. The maximum atomic E-state index is 14.5. The number of esters is 1. The molecule has 4 rings (SSSR count). The Bertz CT molecular complexity index is 1550. The van der Waals surface area contributed by atoms with E-state index in [4.69, 9.17) is 15.2 Å². The van der Waals surface area contributed by atoms with E-state index < -0.39 is 41.7 Å². The Morgan fingerprint density at radius 3 is 2.60 bits per heavy atom. The Labute approximate surface area is 250 Å². The third kappa shape index (κ3) is 8.28. The smallest absolute Gasteiger partial charge is 0.425 e. The van der Waals surface area contributed by atoms with Crippen molar-refractivity contribution in [2.45, 2.75) is 65.2 Å². The zero-order valence-electron chi connectivity index (χ0n) is 23.8. The van der Waals surface area contributed by atoms with Crippen LogP contribution in [0.3, 0.4) is 0 Å². The number of carbonyl (C=O) groups excluding carboxylic acids is 3. The number of thiazole rings is 1. The van der Waals surface area contributed by atoms with Gasteiger partial charge in [0.1, 0.15) is 16.4 Å². The van der Waals surface area contributed by atoms with Crippen molar-refractivity contribution < 1.29 is 32.6 Å². The van der Waals surface area contributed by atoms with Crippen molar-refractivity contribution in [3.05, 3.63) is 58.8 Å². The number of allylic oxidation sites excluding steroid dienone is 1. The van der Waals surface area contributed by atoms with Crippen molar-refractivity contribution in [1.29, 1.82) is 0 Å². The van der Waals surface area contributed by atoms with Crippen LogP contribution in [0.2, 0.25) is 0 Å². The summed E-state index contributed by atoms with van der Waals surface area (Å²) in [7, 11) is 0. The standard InChI is InChI=1S/C28H31F2N7O5S/c1-15(2)27(39)41-16(3)42-28(40)37-13-17(11-33-37)26-35-21(14-43-26)25(38)34-20(12-32-18-7-5-4-6-8-18)23(31)24-19(29)9-10-22(30)36-24/h9-16,18H,4-8,31H2,1-3H3,(H,34,38)/b23-20+,32-12?. The number of nitrogens with one attached hydrogen (secondary N) is 1. The summed E-state index contributed by atoms with van der Waals surface area (Å²) in [6.45, 7) is 4.71. The van der Waals surface area contributed by atoms with Crippen LogP contribution in [0.25, 0.3) is 16.3 Å². The highest BCUT2D eigenvalue weighted by Gasteiger charge is 2.21. The fourth-order valence-corrected chi connectivity index (χ4v) is 4.84. The average molecular weight is 616 g/mol. The lowest BCUT2D eigenvalue weighted by Crippen LogP contribution is -2.27. The number of aliphatic imine (C=N–C) groups is 1. The summed E-state index contributed by atoms with van der Waals surface area (Å²) in [5.74, 6) is -3.39. The molecule has 43 heavy (non-hydrogen) atoms. The highest BCUT2D eigenvalue weighted by molar-refractivity contribution is 7.13. The molecule has 1 saturated carbocycles. The molecule has 0 spiro atoms. The second kappa shape index (κ2) is 14.1. The van der Waals surface area contributed by atoms with E-state index in [1.165, 1.54) is 30.9 Å². The van der Waals surface area contributed by atoms with Crippen molar-refractivity contribution in [3.63, 3.8) is 0 Å². The molecule has 0 aliphatic heterocycles. The molecule has 3 N–H and O–H groups in total. The second-order valence-corrected chi connectivity index (χ2v) is 10.9. The van der Waals surface area contributed by atoms with E-state index in [0.29, 0.717) is 10.6 Å². The highest BCUT2D eigenvalue weighted by atomic mass is 32.1. The summed E-state index contributed by atoms with van der Waals surface area (Å²) in [4.78, 5) is 49.7. The van der Waals surface area contributed by atoms with Gasteiger partial charge in [-0.2, -0.15) is 14.2 Å². The average Bonchev–Trinajstić information content (AvgIpc) is 3.67. The van der Waals surface area contributed by atoms with E-state index in [-0.39, 0.29) is 29.0 Å². The van der Waals surface area contributed by atoms with Crippen molar-refractivity contribution in [3.8, 4) is 10.6 Å². The SMILES string of the molecule is CC(OC(=O)C(C)C)OC(=O)n1cc(-c2nc(C(=O)N/C(C=NC3CCCCC3)=C(/N)c3nc(F)ccc3F)cs2)cn1. The molecule has 0 radical (unpaired) electrons. The predicted octanol–water partition coefficient (Wildman–Crippen LogP) is 4.67. The van der Waals surface area contributed by atoms with Crippen LogP contribution in [0.1, 0.15) is 69.1 Å². The van der Waals surface area contributed by atoms with Gasteiger partial charge in [-0.25, -0.2) is 19.2 Å². The first kappa shape index (κ1) is 31.4. The van der Waals surface area contributed by atoms with Gasteiger partial charge in [0.2, 0.25) is 12.2 Å². The molecule has 1 aliphatic carbocycles. The molecule has 3 aromatic rings. The van der Waals surface area contributed by atoms with Crippen LogP contribution in [-0.2, 0) is 14.3 Å². The van der Waals surface area contributed by atoms with Crippen molar-refractivity contribution in [1.82, 2.24) is 25.1 Å². The lowest BCUT2D eigenvalue weighted by atomic mass is 9.96.